The van der Waals surface area contributed by atoms with Crippen LogP contribution in [0.25, 0.3) is 87.0 Å². The Morgan fingerprint density at radius 2 is 0.725 bits per heavy atom. The van der Waals surface area contributed by atoms with Crippen molar-refractivity contribution in [2.24, 2.45) is 0 Å². The van der Waals surface area contributed by atoms with Crippen molar-refractivity contribution in [3.63, 3.8) is 0 Å². The van der Waals surface area contributed by atoms with Crippen molar-refractivity contribution in [3.8, 4) is 0 Å². The van der Waals surface area contributed by atoms with E-state index >= 15 is 0 Å². The molecule has 0 aliphatic heterocycles. The topological polar surface area (TPSA) is 103 Å². The van der Waals surface area contributed by atoms with Crippen LogP contribution in [-0.2, 0) is 0 Å². The second kappa shape index (κ2) is 7.87. The van der Waals surface area contributed by atoms with Gasteiger partial charge in [0.05, 0.1) is 23.4 Å². The van der Waals surface area contributed by atoms with E-state index in [2.05, 4.69) is 52.5 Å². The van der Waals surface area contributed by atoms with Crippen LogP contribution in [-0.4, -0.2) is 40.3 Å². The maximum atomic E-state index is 4.37. The third kappa shape index (κ3) is 2.79. The maximum absolute atomic E-state index is 4.37. The highest BCUT2D eigenvalue weighted by molar-refractivity contribution is 6.32. The van der Waals surface area contributed by atoms with Gasteiger partial charge in [0.2, 0.25) is 0 Å². The van der Waals surface area contributed by atoms with E-state index in [0.717, 1.165) is 65.4 Å². The highest BCUT2D eigenvalue weighted by atomic mass is 15.1. The van der Waals surface area contributed by atoms with Crippen molar-refractivity contribution < 1.29 is 0 Å². The third-order valence-electron chi connectivity index (χ3n) is 7.77. The Morgan fingerprint density at radius 3 is 1.15 bits per heavy atom. The first-order chi connectivity index (χ1) is 19.9. The van der Waals surface area contributed by atoms with Crippen LogP contribution in [0, 0.1) is 0 Å². The van der Waals surface area contributed by atoms with Gasteiger partial charge in [-0.05, 0) is 68.7 Å². The van der Waals surface area contributed by atoms with Crippen LogP contribution in [0.5, 0.6) is 0 Å². The molecular formula is C32H16N8. The van der Waals surface area contributed by atoms with E-state index in [1.54, 1.807) is 12.4 Å². The molecular weight excluding hydrogens is 496 g/mol. The SMILES string of the molecule is c1cc2nncc3c4ccnc5nccc(c(c1)c23)c54.c1cc2nncc3c4ccnc5nccc(c(c1)c23)c54. The molecule has 10 aromatic rings. The summed E-state index contributed by atoms with van der Waals surface area (Å²) in [5, 5.41) is 30.5. The number of aromatic nitrogens is 8. The molecule has 0 aliphatic rings. The Labute approximate surface area is 225 Å². The molecule has 0 saturated carbocycles. The Balaban J connectivity index is 0.000000115. The summed E-state index contributed by atoms with van der Waals surface area (Å²) in [6, 6.07) is 20.4. The van der Waals surface area contributed by atoms with E-state index in [4.69, 9.17) is 0 Å². The Morgan fingerprint density at radius 1 is 0.350 bits per heavy atom. The first kappa shape index (κ1) is 21.2. The maximum Gasteiger partial charge on any atom is 0.160 e. The molecule has 0 radical (unpaired) electrons. The lowest BCUT2D eigenvalue weighted by Gasteiger charge is -2.11. The molecule has 0 N–H and O–H groups in total. The van der Waals surface area contributed by atoms with Crippen molar-refractivity contribution in [2.45, 2.75) is 0 Å². The number of fused-ring (bicyclic) bond motifs is 4. The minimum Gasteiger partial charge on any atom is -0.237 e. The van der Waals surface area contributed by atoms with Crippen LogP contribution in [0.2, 0.25) is 0 Å². The number of rotatable bonds is 0. The predicted octanol–water partition coefficient (Wildman–Crippen LogP) is 6.63. The lowest BCUT2D eigenvalue weighted by Crippen LogP contribution is -1.92. The largest absolute Gasteiger partial charge is 0.237 e. The van der Waals surface area contributed by atoms with Gasteiger partial charge in [0.15, 0.2) is 11.3 Å². The molecule has 0 saturated heterocycles. The molecule has 10 rings (SSSR count). The number of nitrogens with zero attached hydrogens (tertiary/aromatic N) is 8. The smallest absolute Gasteiger partial charge is 0.160 e. The van der Waals surface area contributed by atoms with Gasteiger partial charge in [0.1, 0.15) is 0 Å². The van der Waals surface area contributed by atoms with Crippen LogP contribution in [0.15, 0.2) is 97.8 Å². The van der Waals surface area contributed by atoms with Gasteiger partial charge >= 0.3 is 0 Å². The molecule has 6 heterocycles. The summed E-state index contributed by atoms with van der Waals surface area (Å²) in [5.41, 5.74) is 3.40. The molecule has 0 fully saturated rings. The van der Waals surface area contributed by atoms with Crippen LogP contribution >= 0.6 is 0 Å². The van der Waals surface area contributed by atoms with Gasteiger partial charge in [-0.2, -0.15) is 20.4 Å². The van der Waals surface area contributed by atoms with E-state index in [1.165, 1.54) is 21.5 Å². The first-order valence-electron chi connectivity index (χ1n) is 12.8. The average Bonchev–Trinajstić information content (AvgIpc) is 3.02. The number of pyridine rings is 4. The van der Waals surface area contributed by atoms with Crippen molar-refractivity contribution in [1.29, 1.82) is 0 Å². The Bertz CT molecular complexity index is 2040. The molecule has 0 bridgehead atoms. The zero-order valence-electron chi connectivity index (χ0n) is 20.8. The van der Waals surface area contributed by atoms with Crippen LogP contribution in [0.1, 0.15) is 0 Å². The molecule has 6 aromatic heterocycles. The fourth-order valence-electron chi connectivity index (χ4n) is 6.15. The van der Waals surface area contributed by atoms with Gasteiger partial charge in [-0.3, -0.25) is 0 Å². The fraction of sp³-hybridized carbons (Fsp3) is 0. The zero-order chi connectivity index (χ0) is 26.2. The predicted molar refractivity (Wildman–Crippen MR) is 158 cm³/mol. The standard InChI is InChI=1S/2C16H8N4/c2*1-2-9-10-4-6-17-16-15(10)11(5-7-18-16)12-8-19-20-13(3-1)14(9)12/h2*1-8H. The summed E-state index contributed by atoms with van der Waals surface area (Å²) >= 11 is 0. The fourth-order valence-corrected chi connectivity index (χ4v) is 6.15. The minimum absolute atomic E-state index is 0.777. The quantitative estimate of drug-likeness (QED) is 0.165. The molecule has 40 heavy (non-hydrogen) atoms. The monoisotopic (exact) mass is 512 g/mol. The zero-order valence-corrected chi connectivity index (χ0v) is 20.8. The van der Waals surface area contributed by atoms with Gasteiger partial charge in [0.25, 0.3) is 0 Å². The highest BCUT2D eigenvalue weighted by Crippen LogP contribution is 2.38. The Kier molecular flexibility index (Phi) is 4.17. The summed E-state index contributed by atoms with van der Waals surface area (Å²) in [6.45, 7) is 0. The molecule has 184 valence electrons. The highest BCUT2D eigenvalue weighted by Gasteiger charge is 2.15. The molecule has 0 spiro atoms. The minimum atomic E-state index is 0.777. The second-order valence-corrected chi connectivity index (χ2v) is 9.75. The van der Waals surface area contributed by atoms with E-state index in [0.29, 0.717) is 0 Å². The number of hydrogen-bond donors (Lipinski definition) is 0. The summed E-state index contributed by atoms with van der Waals surface area (Å²) in [4.78, 5) is 17.5. The lowest BCUT2D eigenvalue weighted by atomic mass is 9.95. The van der Waals surface area contributed by atoms with E-state index in [-0.39, 0.29) is 0 Å². The molecule has 8 nitrogen and oxygen atoms in total. The normalized spacial score (nSPS) is 12.0. The van der Waals surface area contributed by atoms with Gasteiger partial charge in [-0.25, -0.2) is 19.9 Å². The van der Waals surface area contributed by atoms with Crippen molar-refractivity contribution in [3.05, 3.63) is 97.8 Å². The summed E-state index contributed by atoms with van der Waals surface area (Å²) in [7, 11) is 0. The molecule has 0 aliphatic carbocycles. The van der Waals surface area contributed by atoms with Gasteiger partial charge in [-0.1, -0.05) is 24.3 Å². The summed E-state index contributed by atoms with van der Waals surface area (Å²) < 4.78 is 0. The van der Waals surface area contributed by atoms with Crippen molar-refractivity contribution in [2.75, 3.05) is 0 Å². The van der Waals surface area contributed by atoms with Crippen LogP contribution in [0.3, 0.4) is 0 Å². The van der Waals surface area contributed by atoms with Crippen molar-refractivity contribution >= 4 is 87.0 Å². The van der Waals surface area contributed by atoms with Gasteiger partial charge in [0, 0.05) is 57.1 Å². The molecule has 0 unspecified atom stereocenters. The van der Waals surface area contributed by atoms with E-state index in [9.17, 15) is 0 Å². The second-order valence-electron chi connectivity index (χ2n) is 9.75. The summed E-state index contributed by atoms with van der Waals surface area (Å²) in [6.07, 6.45) is 10.9. The van der Waals surface area contributed by atoms with Gasteiger partial charge in [-0.15, -0.1) is 0 Å². The number of hydrogen-bond acceptors (Lipinski definition) is 8. The third-order valence-corrected chi connectivity index (χ3v) is 7.77. The lowest BCUT2D eigenvalue weighted by molar-refractivity contribution is 1.09. The Hall–Kier alpha value is -5.76. The number of benzene rings is 4. The van der Waals surface area contributed by atoms with E-state index < -0.39 is 0 Å². The van der Waals surface area contributed by atoms with Crippen LogP contribution < -0.4 is 0 Å². The molecule has 0 amide bonds. The first-order valence-corrected chi connectivity index (χ1v) is 12.8. The van der Waals surface area contributed by atoms with Crippen molar-refractivity contribution in [1.82, 2.24) is 40.3 Å². The van der Waals surface area contributed by atoms with Crippen LogP contribution in [0.4, 0.5) is 0 Å². The summed E-state index contributed by atoms with van der Waals surface area (Å²) in [5.74, 6) is 0. The van der Waals surface area contributed by atoms with E-state index in [1.807, 2.05) is 73.3 Å². The van der Waals surface area contributed by atoms with Gasteiger partial charge < -0.3 is 0 Å². The molecule has 0 atom stereocenters. The average molecular weight is 513 g/mol. The molecule has 8 heteroatoms. The molecule has 4 aromatic carbocycles.